The Balaban J connectivity index is 1.55. The molecule has 3 aromatic rings. The molecule has 3 aromatic carbocycles. The van der Waals surface area contributed by atoms with Crippen molar-refractivity contribution in [1.82, 2.24) is 4.90 Å². The SMILES string of the molecule is NC(=O)c1ccccc1[C@H](Cc1ccccc1)C(=O)N1CCC[C@@]2(C1)OC(=O)Nc1ccc(Cl)c(F)c12. The summed E-state index contributed by atoms with van der Waals surface area (Å²) in [4.78, 5) is 40.4. The minimum Gasteiger partial charge on any atom is -0.436 e. The Morgan fingerprint density at radius 3 is 2.59 bits per heavy atom. The van der Waals surface area contributed by atoms with Crippen LogP contribution in [0.15, 0.2) is 66.7 Å². The maximum Gasteiger partial charge on any atom is 0.412 e. The second kappa shape index (κ2) is 9.86. The number of hydrogen-bond acceptors (Lipinski definition) is 4. The van der Waals surface area contributed by atoms with E-state index in [0.29, 0.717) is 31.4 Å². The van der Waals surface area contributed by atoms with E-state index in [9.17, 15) is 14.4 Å². The zero-order chi connectivity index (χ0) is 26.2. The van der Waals surface area contributed by atoms with Crippen LogP contribution in [0.5, 0.6) is 0 Å². The van der Waals surface area contributed by atoms with Crippen LogP contribution in [-0.2, 0) is 21.6 Å². The number of anilines is 1. The molecule has 0 bridgehead atoms. The van der Waals surface area contributed by atoms with Crippen molar-refractivity contribution >= 4 is 35.2 Å². The van der Waals surface area contributed by atoms with Crippen LogP contribution in [0.3, 0.4) is 0 Å². The molecule has 37 heavy (non-hydrogen) atoms. The average molecular weight is 522 g/mol. The summed E-state index contributed by atoms with van der Waals surface area (Å²) < 4.78 is 21.0. The zero-order valence-corrected chi connectivity index (χ0v) is 20.6. The van der Waals surface area contributed by atoms with Gasteiger partial charge in [-0.05, 0) is 48.6 Å². The van der Waals surface area contributed by atoms with Gasteiger partial charge in [0.2, 0.25) is 11.8 Å². The maximum absolute atomic E-state index is 15.3. The molecule has 7 nitrogen and oxygen atoms in total. The maximum atomic E-state index is 15.3. The van der Waals surface area contributed by atoms with Gasteiger partial charge in [0.05, 0.1) is 28.7 Å². The summed E-state index contributed by atoms with van der Waals surface area (Å²) in [5.74, 6) is -2.32. The number of hydrogen-bond donors (Lipinski definition) is 2. The number of primary amides is 1. The Labute approximate surface area is 218 Å². The summed E-state index contributed by atoms with van der Waals surface area (Å²) >= 11 is 6.08. The van der Waals surface area contributed by atoms with E-state index >= 15 is 4.39 Å². The van der Waals surface area contributed by atoms with E-state index in [1.165, 1.54) is 12.1 Å². The first kappa shape index (κ1) is 24.8. The Morgan fingerprint density at radius 1 is 1.11 bits per heavy atom. The fraction of sp³-hybridized carbons (Fsp3) is 0.250. The van der Waals surface area contributed by atoms with Gasteiger partial charge in [0, 0.05) is 12.1 Å². The van der Waals surface area contributed by atoms with Gasteiger partial charge in [0.25, 0.3) is 0 Å². The number of nitrogens with zero attached hydrogens (tertiary/aromatic N) is 1. The summed E-state index contributed by atoms with van der Waals surface area (Å²) in [6.07, 6.45) is 0.407. The molecule has 2 aliphatic heterocycles. The first-order valence-electron chi connectivity index (χ1n) is 12.0. The van der Waals surface area contributed by atoms with E-state index in [4.69, 9.17) is 22.1 Å². The third-order valence-corrected chi connectivity index (χ3v) is 7.32. The van der Waals surface area contributed by atoms with Crippen LogP contribution in [0, 0.1) is 5.82 Å². The van der Waals surface area contributed by atoms with Gasteiger partial charge in [-0.3, -0.25) is 14.9 Å². The second-order valence-corrected chi connectivity index (χ2v) is 9.76. The zero-order valence-electron chi connectivity index (χ0n) is 19.9. The molecule has 1 fully saturated rings. The van der Waals surface area contributed by atoms with Crippen LogP contribution in [-0.4, -0.2) is 35.9 Å². The molecule has 2 heterocycles. The summed E-state index contributed by atoms with van der Waals surface area (Å²) in [6, 6.07) is 19.1. The molecule has 2 aliphatic rings. The second-order valence-electron chi connectivity index (χ2n) is 9.35. The van der Waals surface area contributed by atoms with Gasteiger partial charge < -0.3 is 15.4 Å². The molecule has 9 heteroatoms. The monoisotopic (exact) mass is 521 g/mol. The number of nitrogens with one attached hydrogen (secondary N) is 1. The molecule has 0 aromatic heterocycles. The number of amides is 3. The average Bonchev–Trinajstić information content (AvgIpc) is 2.89. The normalized spacial score (nSPS) is 19.5. The van der Waals surface area contributed by atoms with Crippen LogP contribution in [0.2, 0.25) is 5.02 Å². The number of rotatable bonds is 5. The Morgan fingerprint density at radius 2 is 1.84 bits per heavy atom. The number of fused-ring (bicyclic) bond motifs is 2. The van der Waals surface area contributed by atoms with Crippen LogP contribution in [0.25, 0.3) is 0 Å². The number of carbonyl (C=O) groups excluding carboxylic acids is 3. The number of piperidine rings is 1. The standard InChI is InChI=1S/C28H25ClFN3O4/c29-21-11-12-22-23(24(21)30)28(37-27(36)32-22)13-6-14-33(16-28)26(35)20(15-17-7-2-1-3-8-17)18-9-4-5-10-19(18)25(31)34/h1-5,7-12,20H,6,13-16H2,(H2,31,34)(H,32,36)/t20-,28-/m0/s1. The minimum atomic E-state index is -1.39. The van der Waals surface area contributed by atoms with Crippen molar-refractivity contribution in [2.45, 2.75) is 30.8 Å². The summed E-state index contributed by atoms with van der Waals surface area (Å²) in [6.45, 7) is 0.334. The molecule has 190 valence electrons. The quantitative estimate of drug-likeness (QED) is 0.494. The van der Waals surface area contributed by atoms with Crippen molar-refractivity contribution in [2.75, 3.05) is 18.4 Å². The third-order valence-electron chi connectivity index (χ3n) is 7.02. The largest absolute Gasteiger partial charge is 0.436 e. The lowest BCUT2D eigenvalue weighted by molar-refractivity contribution is -0.140. The van der Waals surface area contributed by atoms with Gasteiger partial charge in [0.1, 0.15) is 0 Å². The van der Waals surface area contributed by atoms with Gasteiger partial charge in [-0.15, -0.1) is 0 Å². The highest BCUT2D eigenvalue weighted by Crippen LogP contribution is 2.45. The molecular weight excluding hydrogens is 497 g/mol. The van der Waals surface area contributed by atoms with E-state index in [-0.39, 0.29) is 34.3 Å². The lowest BCUT2D eigenvalue weighted by Crippen LogP contribution is -2.54. The summed E-state index contributed by atoms with van der Waals surface area (Å²) in [5.41, 5.74) is 6.35. The van der Waals surface area contributed by atoms with Crippen LogP contribution >= 0.6 is 11.6 Å². The van der Waals surface area contributed by atoms with Crippen LogP contribution in [0.4, 0.5) is 14.9 Å². The number of carbonyl (C=O) groups is 3. The first-order chi connectivity index (χ1) is 17.8. The molecule has 0 radical (unpaired) electrons. The minimum absolute atomic E-state index is 0.0481. The Kier molecular flexibility index (Phi) is 6.60. The van der Waals surface area contributed by atoms with Crippen LogP contribution in [0.1, 0.15) is 45.8 Å². The Bertz CT molecular complexity index is 1380. The van der Waals surface area contributed by atoms with Gasteiger partial charge in [-0.25, -0.2) is 9.18 Å². The van der Waals surface area contributed by atoms with Gasteiger partial charge in [0.15, 0.2) is 11.4 Å². The molecule has 0 saturated carbocycles. The molecule has 1 saturated heterocycles. The third kappa shape index (κ3) is 4.64. The van der Waals surface area contributed by atoms with Crippen molar-refractivity contribution < 1.29 is 23.5 Å². The molecular formula is C28H25ClFN3O4. The first-order valence-corrected chi connectivity index (χ1v) is 12.4. The van der Waals surface area contributed by atoms with Crippen molar-refractivity contribution in [3.63, 3.8) is 0 Å². The van der Waals surface area contributed by atoms with Crippen molar-refractivity contribution in [1.29, 1.82) is 0 Å². The van der Waals surface area contributed by atoms with E-state index in [2.05, 4.69) is 5.32 Å². The van der Waals surface area contributed by atoms with Crippen molar-refractivity contribution in [2.24, 2.45) is 5.73 Å². The fourth-order valence-electron chi connectivity index (χ4n) is 5.39. The molecule has 0 unspecified atom stereocenters. The van der Waals surface area contributed by atoms with Gasteiger partial charge in [-0.2, -0.15) is 0 Å². The van der Waals surface area contributed by atoms with E-state index < -0.39 is 29.3 Å². The summed E-state index contributed by atoms with van der Waals surface area (Å²) in [7, 11) is 0. The van der Waals surface area contributed by atoms with Gasteiger partial charge >= 0.3 is 6.09 Å². The highest BCUT2D eigenvalue weighted by molar-refractivity contribution is 6.31. The predicted molar refractivity (Wildman–Crippen MR) is 137 cm³/mol. The molecule has 2 atom stereocenters. The van der Waals surface area contributed by atoms with Crippen molar-refractivity contribution in [3.8, 4) is 0 Å². The molecule has 3 amide bonds. The lowest BCUT2D eigenvalue weighted by atomic mass is 9.81. The number of nitrogens with two attached hydrogens (primary N) is 1. The van der Waals surface area contributed by atoms with Gasteiger partial charge in [-0.1, -0.05) is 60.1 Å². The highest BCUT2D eigenvalue weighted by Gasteiger charge is 2.49. The molecule has 5 rings (SSSR count). The predicted octanol–water partition coefficient (Wildman–Crippen LogP) is 4.98. The van der Waals surface area contributed by atoms with E-state index in [1.807, 2.05) is 30.3 Å². The fourth-order valence-corrected chi connectivity index (χ4v) is 5.54. The smallest absolute Gasteiger partial charge is 0.412 e. The number of halogens is 2. The lowest BCUT2D eigenvalue weighted by Gasteiger charge is -2.45. The van der Waals surface area contributed by atoms with Crippen molar-refractivity contribution in [3.05, 3.63) is 99.8 Å². The van der Waals surface area contributed by atoms with Crippen LogP contribution < -0.4 is 11.1 Å². The molecule has 0 aliphatic carbocycles. The van der Waals surface area contributed by atoms with E-state index in [0.717, 1.165) is 5.56 Å². The highest BCUT2D eigenvalue weighted by atomic mass is 35.5. The summed E-state index contributed by atoms with van der Waals surface area (Å²) in [5, 5.41) is 2.43. The number of ether oxygens (including phenoxy) is 1. The Hall–Kier alpha value is -3.91. The molecule has 1 spiro atoms. The topological polar surface area (TPSA) is 102 Å². The number of benzene rings is 3. The molecule has 3 N–H and O–H groups in total. The number of likely N-dealkylation sites (tertiary alicyclic amines) is 1. The van der Waals surface area contributed by atoms with E-state index in [1.54, 1.807) is 29.2 Å².